The third kappa shape index (κ3) is 3.75. The van der Waals surface area contributed by atoms with Crippen molar-refractivity contribution in [3.63, 3.8) is 0 Å². The van der Waals surface area contributed by atoms with Crippen molar-refractivity contribution in [3.05, 3.63) is 7.43 Å². The molecule has 0 heterocycles. The fourth-order valence-corrected chi connectivity index (χ4v) is 0.121. The van der Waals surface area contributed by atoms with E-state index in [1.54, 1.807) is 0 Å². The largest absolute Gasteiger partial charge is 0.477 e. The van der Waals surface area contributed by atoms with Crippen molar-refractivity contribution in [3.8, 4) is 0 Å². The molecule has 0 spiro atoms. The van der Waals surface area contributed by atoms with Crippen LogP contribution in [-0.4, -0.2) is 23.2 Å². The Labute approximate surface area is 90.0 Å². The molecular weight excluding hydrogens is 264 g/mol. The molecule has 0 aliphatic rings. The molecule has 0 aromatic rings. The van der Waals surface area contributed by atoms with Crippen LogP contribution in [0.5, 0.6) is 0 Å². The fourth-order valence-electron chi connectivity index (χ4n) is 0.121. The third-order valence-corrected chi connectivity index (χ3v) is 0.625. The summed E-state index contributed by atoms with van der Waals surface area (Å²) in [4.78, 5) is 9.20. The summed E-state index contributed by atoms with van der Waals surface area (Å²) in [5.74, 6) is -8.84. The van der Waals surface area contributed by atoms with E-state index in [1.807, 2.05) is 0 Å². The molecule has 0 saturated carbocycles. The fraction of sp³-hybridized carbons (Fsp3) is 0.500. The maximum atomic E-state index is 11.3. The minimum absolute atomic E-state index is 0. The van der Waals surface area contributed by atoms with Gasteiger partial charge in [0, 0.05) is 32.7 Å². The second-order valence-corrected chi connectivity index (χ2v) is 1.38. The number of hydrogen-bond donors (Lipinski definition) is 1. The molecule has 0 fully saturated rings. The van der Waals surface area contributed by atoms with Crippen LogP contribution in [0, 0.1) is 7.43 Å². The van der Waals surface area contributed by atoms with Crippen LogP contribution in [-0.2, 0) is 37.5 Å². The van der Waals surface area contributed by atoms with Crippen molar-refractivity contribution in [1.82, 2.24) is 0 Å². The first-order valence-corrected chi connectivity index (χ1v) is 1.87. The molecule has 1 radical (unpaired) electrons. The number of halogens is 5. The van der Waals surface area contributed by atoms with Gasteiger partial charge in [-0.15, -0.1) is 0 Å². The standard InChI is InChI=1S/C3HF5O2.CH3.Y/c4-2(5,1(9)10)3(6,7)8;;/h(H,9,10);1H3;/q;-1;. The van der Waals surface area contributed by atoms with Crippen LogP contribution in [0.2, 0.25) is 0 Å². The molecule has 0 bridgehead atoms. The van der Waals surface area contributed by atoms with Crippen molar-refractivity contribution >= 4 is 5.97 Å². The maximum Gasteiger partial charge on any atom is 0.465 e. The zero-order valence-electron chi connectivity index (χ0n) is 5.82. The Morgan fingerprint density at radius 1 is 1.08 bits per heavy atom. The van der Waals surface area contributed by atoms with Crippen molar-refractivity contribution in [1.29, 1.82) is 0 Å². The minimum Gasteiger partial charge on any atom is -0.477 e. The number of aliphatic carboxylic acids is 1. The van der Waals surface area contributed by atoms with Gasteiger partial charge in [-0.3, -0.25) is 0 Å². The predicted molar refractivity (Wildman–Crippen MR) is 25.1 cm³/mol. The van der Waals surface area contributed by atoms with E-state index in [4.69, 9.17) is 5.11 Å². The van der Waals surface area contributed by atoms with E-state index < -0.39 is 18.1 Å². The molecule has 8 heteroatoms. The van der Waals surface area contributed by atoms with Gasteiger partial charge in [-0.2, -0.15) is 22.0 Å². The number of alkyl halides is 5. The zero-order chi connectivity index (χ0) is 8.58. The topological polar surface area (TPSA) is 37.3 Å². The summed E-state index contributed by atoms with van der Waals surface area (Å²) in [7, 11) is 0. The summed E-state index contributed by atoms with van der Waals surface area (Å²) >= 11 is 0. The quantitative estimate of drug-likeness (QED) is 0.580. The van der Waals surface area contributed by atoms with Crippen LogP contribution in [0.4, 0.5) is 22.0 Å². The molecule has 0 aromatic carbocycles. The molecule has 0 unspecified atom stereocenters. The molecule has 0 atom stereocenters. The summed E-state index contributed by atoms with van der Waals surface area (Å²) in [5.41, 5.74) is 0. The molecule has 0 rings (SSSR count). The number of hydrogen-bond acceptors (Lipinski definition) is 1. The average Bonchev–Trinajstić information content (AvgIpc) is 1.62. The van der Waals surface area contributed by atoms with Gasteiger partial charge < -0.3 is 12.5 Å². The van der Waals surface area contributed by atoms with Gasteiger partial charge in [0.1, 0.15) is 0 Å². The van der Waals surface area contributed by atoms with Gasteiger partial charge in [-0.05, 0) is 0 Å². The summed E-state index contributed by atoms with van der Waals surface area (Å²) < 4.78 is 55.5. The number of carboxylic acids is 1. The van der Waals surface area contributed by atoms with Crippen LogP contribution in [0.25, 0.3) is 0 Å². The molecule has 0 saturated heterocycles. The van der Waals surface area contributed by atoms with Gasteiger partial charge in [0.25, 0.3) is 0 Å². The Morgan fingerprint density at radius 2 is 1.33 bits per heavy atom. The number of carboxylic acid groups (broad SMARTS) is 1. The second kappa shape index (κ2) is 5.06. The van der Waals surface area contributed by atoms with E-state index in [9.17, 15) is 26.7 Å². The van der Waals surface area contributed by atoms with Gasteiger partial charge in [0.15, 0.2) is 0 Å². The molecule has 1 N–H and O–H groups in total. The van der Waals surface area contributed by atoms with Crippen LogP contribution >= 0.6 is 0 Å². The van der Waals surface area contributed by atoms with Crippen LogP contribution in [0.3, 0.4) is 0 Å². The Kier molecular flexibility index (Phi) is 7.64. The summed E-state index contributed by atoms with van der Waals surface area (Å²) in [6.45, 7) is 0. The van der Waals surface area contributed by atoms with E-state index in [0.29, 0.717) is 0 Å². The van der Waals surface area contributed by atoms with Gasteiger partial charge in [0.05, 0.1) is 0 Å². The van der Waals surface area contributed by atoms with Gasteiger partial charge in [-0.25, -0.2) is 4.79 Å². The zero-order valence-corrected chi connectivity index (χ0v) is 8.66. The average molecular weight is 268 g/mol. The predicted octanol–water partition coefficient (Wildman–Crippen LogP) is 1.72. The van der Waals surface area contributed by atoms with E-state index in [-0.39, 0.29) is 40.1 Å². The number of carbonyl (C=O) groups is 1. The maximum absolute atomic E-state index is 11.3. The van der Waals surface area contributed by atoms with Crippen LogP contribution < -0.4 is 0 Å². The Morgan fingerprint density at radius 3 is 1.33 bits per heavy atom. The monoisotopic (exact) mass is 268 g/mol. The van der Waals surface area contributed by atoms with Gasteiger partial charge >= 0.3 is 18.1 Å². The molecule has 71 valence electrons. The first kappa shape index (κ1) is 18.1. The normalized spacial score (nSPS) is 11.1. The van der Waals surface area contributed by atoms with Gasteiger partial charge in [-0.1, -0.05) is 0 Å². The minimum atomic E-state index is -6.02. The SMILES string of the molecule is O=C(O)C(F)(F)C(F)(F)F.[CH3-].[Y]. The molecule has 0 aliphatic carbocycles. The number of rotatable bonds is 1. The molecule has 0 aliphatic heterocycles. The molecule has 0 amide bonds. The van der Waals surface area contributed by atoms with E-state index in [2.05, 4.69) is 0 Å². The summed E-state index contributed by atoms with van der Waals surface area (Å²) in [6, 6.07) is 0. The van der Waals surface area contributed by atoms with E-state index >= 15 is 0 Å². The van der Waals surface area contributed by atoms with Crippen molar-refractivity contribution in [2.45, 2.75) is 12.1 Å². The third-order valence-electron chi connectivity index (χ3n) is 0.625. The molecule has 2 nitrogen and oxygen atoms in total. The molecular formula is C4H4F5O2Y-. The summed E-state index contributed by atoms with van der Waals surface area (Å²) in [6.07, 6.45) is -6.02. The van der Waals surface area contributed by atoms with Crippen molar-refractivity contribution in [2.75, 3.05) is 0 Å². The molecule has 0 aromatic heterocycles. The molecule has 12 heavy (non-hydrogen) atoms. The summed E-state index contributed by atoms with van der Waals surface area (Å²) in [5, 5.41) is 7.31. The van der Waals surface area contributed by atoms with Crippen LogP contribution in [0.1, 0.15) is 0 Å². The Balaban J connectivity index is -0.000000405. The van der Waals surface area contributed by atoms with Crippen LogP contribution in [0.15, 0.2) is 0 Å². The Hall–Kier alpha value is 0.224. The smallest absolute Gasteiger partial charge is 0.465 e. The van der Waals surface area contributed by atoms with Crippen molar-refractivity contribution < 1.29 is 64.6 Å². The second-order valence-electron chi connectivity index (χ2n) is 1.38. The van der Waals surface area contributed by atoms with Gasteiger partial charge in [0.2, 0.25) is 0 Å². The van der Waals surface area contributed by atoms with E-state index in [1.165, 1.54) is 0 Å². The van der Waals surface area contributed by atoms with Crippen molar-refractivity contribution in [2.24, 2.45) is 0 Å². The van der Waals surface area contributed by atoms with E-state index in [0.717, 1.165) is 0 Å². The first-order valence-electron chi connectivity index (χ1n) is 1.87. The Bertz CT molecular complexity index is 154. The first-order chi connectivity index (χ1) is 4.19.